The molecule has 5 heteroatoms. The molecule has 1 saturated heterocycles. The summed E-state index contributed by atoms with van der Waals surface area (Å²) < 4.78 is 11.5. The molecule has 1 aromatic rings. The Bertz CT molecular complexity index is 437. The van der Waals surface area contributed by atoms with Gasteiger partial charge in [0, 0.05) is 19.8 Å². The molecular weight excluding hydrogens is 254 g/mol. The van der Waals surface area contributed by atoms with Crippen LogP contribution in [0.3, 0.4) is 0 Å². The highest BCUT2D eigenvalue weighted by molar-refractivity contribution is 5.40. The van der Waals surface area contributed by atoms with Gasteiger partial charge >= 0.3 is 0 Å². The number of aromatic nitrogens is 2. The van der Waals surface area contributed by atoms with Gasteiger partial charge in [-0.25, -0.2) is 0 Å². The topological polar surface area (TPSA) is 47.5 Å². The van der Waals surface area contributed by atoms with E-state index >= 15 is 0 Å². The standard InChI is InChI=1S/C15H23N3O2/c1-3-19-10-12-8-13-14(9-12)20-7-6-18(13)15-5-4-11(2)16-17-15/h4-5,12-14H,3,6-10H2,1-2H3/t12?,13-,14-/m1/s1. The van der Waals surface area contributed by atoms with Crippen molar-refractivity contribution in [1.29, 1.82) is 0 Å². The molecule has 2 heterocycles. The molecule has 3 rings (SSSR count). The van der Waals surface area contributed by atoms with E-state index < -0.39 is 0 Å². The Labute approximate surface area is 120 Å². The summed E-state index contributed by atoms with van der Waals surface area (Å²) in [6.45, 7) is 7.33. The van der Waals surface area contributed by atoms with Gasteiger partial charge in [0.2, 0.25) is 0 Å². The van der Waals surface area contributed by atoms with E-state index in [1.807, 2.05) is 19.9 Å². The summed E-state index contributed by atoms with van der Waals surface area (Å²) >= 11 is 0. The van der Waals surface area contributed by atoms with E-state index in [4.69, 9.17) is 9.47 Å². The predicted molar refractivity (Wildman–Crippen MR) is 76.9 cm³/mol. The van der Waals surface area contributed by atoms with Gasteiger partial charge in [0.15, 0.2) is 5.82 Å². The summed E-state index contributed by atoms with van der Waals surface area (Å²) in [5, 5.41) is 8.52. The molecule has 2 aliphatic rings. The first-order valence-electron chi connectivity index (χ1n) is 7.54. The molecule has 0 bridgehead atoms. The van der Waals surface area contributed by atoms with Crippen molar-refractivity contribution in [3.05, 3.63) is 17.8 Å². The average Bonchev–Trinajstić information content (AvgIpc) is 2.89. The van der Waals surface area contributed by atoms with Crippen LogP contribution < -0.4 is 4.90 Å². The minimum Gasteiger partial charge on any atom is -0.381 e. The number of aryl methyl sites for hydroxylation is 1. The summed E-state index contributed by atoms with van der Waals surface area (Å²) in [5.41, 5.74) is 0.958. The third-order valence-electron chi connectivity index (χ3n) is 4.27. The number of fused-ring (bicyclic) bond motifs is 1. The van der Waals surface area contributed by atoms with E-state index in [0.29, 0.717) is 18.1 Å². The van der Waals surface area contributed by atoms with Gasteiger partial charge in [-0.2, -0.15) is 5.10 Å². The largest absolute Gasteiger partial charge is 0.381 e. The van der Waals surface area contributed by atoms with Crippen LogP contribution in [0, 0.1) is 12.8 Å². The van der Waals surface area contributed by atoms with Gasteiger partial charge < -0.3 is 14.4 Å². The first kappa shape index (κ1) is 13.8. The number of ether oxygens (including phenoxy) is 2. The van der Waals surface area contributed by atoms with Crippen molar-refractivity contribution in [2.45, 2.75) is 38.8 Å². The summed E-state index contributed by atoms with van der Waals surface area (Å²) in [6, 6.07) is 4.52. The van der Waals surface area contributed by atoms with Gasteiger partial charge in [0.1, 0.15) is 0 Å². The fraction of sp³-hybridized carbons (Fsp3) is 0.733. The molecular formula is C15H23N3O2. The highest BCUT2D eigenvalue weighted by atomic mass is 16.5. The molecule has 0 radical (unpaired) electrons. The van der Waals surface area contributed by atoms with Crippen LogP contribution in [0.5, 0.6) is 0 Å². The zero-order valence-corrected chi connectivity index (χ0v) is 12.3. The maximum Gasteiger partial charge on any atom is 0.151 e. The Morgan fingerprint density at radius 2 is 2.25 bits per heavy atom. The number of rotatable bonds is 4. The van der Waals surface area contributed by atoms with Crippen LogP contribution in [0.2, 0.25) is 0 Å². The summed E-state index contributed by atoms with van der Waals surface area (Å²) in [5.74, 6) is 1.58. The fourth-order valence-electron chi connectivity index (χ4n) is 3.30. The second-order valence-electron chi connectivity index (χ2n) is 5.70. The molecule has 0 amide bonds. The van der Waals surface area contributed by atoms with Crippen LogP contribution in [-0.2, 0) is 9.47 Å². The summed E-state index contributed by atoms with van der Waals surface area (Å²) in [4.78, 5) is 2.37. The molecule has 1 unspecified atom stereocenters. The Hall–Kier alpha value is -1.20. The first-order valence-corrected chi connectivity index (χ1v) is 7.54. The van der Waals surface area contributed by atoms with Crippen molar-refractivity contribution in [3.63, 3.8) is 0 Å². The summed E-state index contributed by atoms with van der Waals surface area (Å²) in [6.07, 6.45) is 2.54. The van der Waals surface area contributed by atoms with Crippen LogP contribution in [0.4, 0.5) is 5.82 Å². The molecule has 1 aromatic heterocycles. The minimum atomic E-state index is 0.317. The van der Waals surface area contributed by atoms with Gasteiger partial charge in [-0.05, 0) is 44.7 Å². The van der Waals surface area contributed by atoms with E-state index in [1.54, 1.807) is 0 Å². The molecule has 3 atom stereocenters. The minimum absolute atomic E-state index is 0.317. The SMILES string of the molecule is CCOCC1C[C@@H]2[C@@H](C1)OCCN2c1ccc(C)nn1. The lowest BCUT2D eigenvalue weighted by atomic mass is 10.1. The number of morpholine rings is 1. The molecule has 1 saturated carbocycles. The molecule has 110 valence electrons. The van der Waals surface area contributed by atoms with Crippen molar-refractivity contribution in [2.75, 3.05) is 31.3 Å². The molecule has 0 spiro atoms. The number of nitrogens with zero attached hydrogens (tertiary/aromatic N) is 3. The summed E-state index contributed by atoms with van der Waals surface area (Å²) in [7, 11) is 0. The Morgan fingerprint density at radius 1 is 1.35 bits per heavy atom. The van der Waals surface area contributed by atoms with Crippen molar-refractivity contribution in [1.82, 2.24) is 10.2 Å². The van der Waals surface area contributed by atoms with E-state index in [-0.39, 0.29) is 0 Å². The normalized spacial score (nSPS) is 29.5. The highest BCUT2D eigenvalue weighted by Crippen LogP contribution is 2.36. The van der Waals surface area contributed by atoms with Crippen molar-refractivity contribution >= 4 is 5.82 Å². The molecule has 2 fully saturated rings. The number of anilines is 1. The molecule has 0 N–H and O–H groups in total. The maximum absolute atomic E-state index is 5.94. The van der Waals surface area contributed by atoms with Gasteiger partial charge in [-0.3, -0.25) is 0 Å². The van der Waals surface area contributed by atoms with Gasteiger partial charge in [0.25, 0.3) is 0 Å². The lowest BCUT2D eigenvalue weighted by molar-refractivity contribution is 0.0211. The van der Waals surface area contributed by atoms with E-state index in [2.05, 4.69) is 21.2 Å². The zero-order chi connectivity index (χ0) is 13.9. The number of hydrogen-bond acceptors (Lipinski definition) is 5. The lowest BCUT2D eigenvalue weighted by Crippen LogP contribution is -2.49. The second-order valence-corrected chi connectivity index (χ2v) is 5.70. The van der Waals surface area contributed by atoms with Crippen LogP contribution >= 0.6 is 0 Å². The van der Waals surface area contributed by atoms with E-state index in [0.717, 1.165) is 50.7 Å². The van der Waals surface area contributed by atoms with Gasteiger partial charge in [-0.15, -0.1) is 5.10 Å². The van der Waals surface area contributed by atoms with Crippen molar-refractivity contribution in [2.24, 2.45) is 5.92 Å². The zero-order valence-electron chi connectivity index (χ0n) is 12.3. The quantitative estimate of drug-likeness (QED) is 0.840. The Morgan fingerprint density at radius 3 is 3.00 bits per heavy atom. The van der Waals surface area contributed by atoms with E-state index in [1.165, 1.54) is 0 Å². The average molecular weight is 277 g/mol. The molecule has 1 aliphatic heterocycles. The third kappa shape index (κ3) is 2.79. The number of hydrogen-bond donors (Lipinski definition) is 0. The van der Waals surface area contributed by atoms with Crippen LogP contribution in [0.25, 0.3) is 0 Å². The highest BCUT2D eigenvalue weighted by Gasteiger charge is 2.41. The second kappa shape index (κ2) is 6.06. The molecule has 1 aliphatic carbocycles. The lowest BCUT2D eigenvalue weighted by Gasteiger charge is -2.38. The smallest absolute Gasteiger partial charge is 0.151 e. The van der Waals surface area contributed by atoms with Crippen LogP contribution in [0.15, 0.2) is 12.1 Å². The first-order chi connectivity index (χ1) is 9.78. The van der Waals surface area contributed by atoms with Gasteiger partial charge in [0.05, 0.1) is 24.4 Å². The fourth-order valence-corrected chi connectivity index (χ4v) is 3.30. The van der Waals surface area contributed by atoms with E-state index in [9.17, 15) is 0 Å². The predicted octanol–water partition coefficient (Wildman–Crippen LogP) is 1.81. The van der Waals surface area contributed by atoms with Crippen LogP contribution in [0.1, 0.15) is 25.5 Å². The Kier molecular flexibility index (Phi) is 4.17. The van der Waals surface area contributed by atoms with Gasteiger partial charge in [-0.1, -0.05) is 0 Å². The molecule has 5 nitrogen and oxygen atoms in total. The molecule has 20 heavy (non-hydrogen) atoms. The van der Waals surface area contributed by atoms with Crippen LogP contribution in [-0.4, -0.2) is 48.7 Å². The monoisotopic (exact) mass is 277 g/mol. The van der Waals surface area contributed by atoms with Crippen molar-refractivity contribution in [3.8, 4) is 0 Å². The Balaban J connectivity index is 1.71. The van der Waals surface area contributed by atoms with Crippen molar-refractivity contribution < 1.29 is 9.47 Å². The third-order valence-corrected chi connectivity index (χ3v) is 4.27. The maximum atomic E-state index is 5.94. The molecule has 0 aromatic carbocycles.